The van der Waals surface area contributed by atoms with Gasteiger partial charge in [-0.3, -0.25) is 0 Å². The highest BCUT2D eigenvalue weighted by atomic mass is 32.2. The molecule has 0 spiro atoms. The highest BCUT2D eigenvalue weighted by molar-refractivity contribution is 7.99. The van der Waals surface area contributed by atoms with Crippen molar-refractivity contribution in [1.82, 2.24) is 0 Å². The number of benzene rings is 2. The highest BCUT2D eigenvalue weighted by Gasteiger charge is 2.29. The minimum Gasteiger partial charge on any atom is -0.478 e. The first kappa shape index (κ1) is 28.5. The molecule has 2 aromatic carbocycles. The maximum absolute atomic E-state index is 15.0. The lowest BCUT2D eigenvalue weighted by atomic mass is 9.74. The zero-order valence-electron chi connectivity index (χ0n) is 20.9. The first-order valence-corrected chi connectivity index (χ1v) is 14.0. The third-order valence-corrected chi connectivity index (χ3v) is 8.11. The Kier molecular flexibility index (Phi) is 11.1. The van der Waals surface area contributed by atoms with Crippen LogP contribution >= 0.6 is 11.8 Å². The molecule has 2 aromatic rings. The number of carbonyl (C=O) groups is 1. The summed E-state index contributed by atoms with van der Waals surface area (Å²) in [5, 5.41) is 9.85. The van der Waals surface area contributed by atoms with Crippen LogP contribution < -0.4 is 0 Å². The van der Waals surface area contributed by atoms with Gasteiger partial charge in [-0.2, -0.15) is 8.78 Å². The molecule has 0 aliphatic heterocycles. The third-order valence-electron chi connectivity index (χ3n) is 7.36. The number of halogens is 4. The SMILES string of the molecule is CCCCCCCCC[C@H]1CC[C@H](c2c(C(=O)O)cccc2-c2ccc(SC(F)F)c(F)c2F)CC1. The number of carboxylic acids is 1. The van der Waals surface area contributed by atoms with E-state index in [-0.39, 0.29) is 28.8 Å². The maximum atomic E-state index is 15.0. The summed E-state index contributed by atoms with van der Waals surface area (Å²) in [6, 6.07) is 7.04. The van der Waals surface area contributed by atoms with Gasteiger partial charge in [0.15, 0.2) is 11.6 Å². The second-order valence-electron chi connectivity index (χ2n) is 9.82. The molecule has 7 heteroatoms. The van der Waals surface area contributed by atoms with E-state index < -0.39 is 28.3 Å². The van der Waals surface area contributed by atoms with Crippen LogP contribution in [0.15, 0.2) is 35.2 Å². The molecule has 0 aromatic heterocycles. The minimum atomic E-state index is -2.87. The number of thioether (sulfide) groups is 1. The van der Waals surface area contributed by atoms with Crippen LogP contribution in [0.2, 0.25) is 0 Å². The average molecular weight is 525 g/mol. The zero-order valence-corrected chi connectivity index (χ0v) is 21.7. The lowest BCUT2D eigenvalue weighted by Crippen LogP contribution is -2.17. The largest absolute Gasteiger partial charge is 0.478 e. The Hall–Kier alpha value is -2.02. The fourth-order valence-corrected chi connectivity index (χ4v) is 6.01. The molecule has 2 nitrogen and oxygen atoms in total. The smallest absolute Gasteiger partial charge is 0.335 e. The van der Waals surface area contributed by atoms with Gasteiger partial charge in [0.05, 0.1) is 10.5 Å². The molecule has 36 heavy (non-hydrogen) atoms. The van der Waals surface area contributed by atoms with Crippen molar-refractivity contribution >= 4 is 17.7 Å². The molecule has 1 aliphatic rings. The molecule has 198 valence electrons. The number of carboxylic acid groups (broad SMARTS) is 1. The van der Waals surface area contributed by atoms with Crippen molar-refractivity contribution in [2.75, 3.05) is 0 Å². The van der Waals surface area contributed by atoms with E-state index in [1.807, 2.05) is 0 Å². The average Bonchev–Trinajstić information content (AvgIpc) is 2.86. The van der Waals surface area contributed by atoms with Gasteiger partial charge in [0.1, 0.15) is 0 Å². The van der Waals surface area contributed by atoms with Crippen molar-refractivity contribution in [2.45, 2.75) is 101 Å². The summed E-state index contributed by atoms with van der Waals surface area (Å²) in [6.45, 7) is 2.22. The summed E-state index contributed by atoms with van der Waals surface area (Å²) in [7, 11) is 0. The van der Waals surface area contributed by atoms with Gasteiger partial charge in [0.25, 0.3) is 5.76 Å². The van der Waals surface area contributed by atoms with E-state index >= 15 is 4.39 Å². The predicted octanol–water partition coefficient (Wildman–Crippen LogP) is 10.1. The van der Waals surface area contributed by atoms with E-state index in [1.165, 1.54) is 69.6 Å². The molecule has 1 aliphatic carbocycles. The molecular formula is C29H36F4O2S. The fourth-order valence-electron chi connectivity index (χ4n) is 5.48. The summed E-state index contributed by atoms with van der Waals surface area (Å²) in [5.41, 5.74) is 0.852. The summed E-state index contributed by atoms with van der Waals surface area (Å²) in [5.74, 6) is -6.00. The number of unbranched alkanes of at least 4 members (excludes halogenated alkanes) is 6. The van der Waals surface area contributed by atoms with Crippen LogP contribution in [0.1, 0.15) is 106 Å². The molecule has 0 bridgehead atoms. The topological polar surface area (TPSA) is 37.3 Å². The standard InChI is InChI=1S/C29H36F4O2S/c1-2-3-4-5-6-7-8-10-19-13-15-20(16-14-19)25-21(11-9-12-23(25)28(34)35)22-17-18-24(36-29(32)33)27(31)26(22)30/h9,11-12,17-20,29H,2-8,10,13-16H2,1H3,(H,34,35)/t19-,20-. The van der Waals surface area contributed by atoms with Gasteiger partial charge in [0, 0.05) is 5.56 Å². The van der Waals surface area contributed by atoms with Crippen LogP contribution in [0.3, 0.4) is 0 Å². The van der Waals surface area contributed by atoms with Crippen LogP contribution in [-0.2, 0) is 0 Å². The second kappa shape index (κ2) is 14.1. The van der Waals surface area contributed by atoms with Crippen LogP contribution in [0.5, 0.6) is 0 Å². The molecule has 0 radical (unpaired) electrons. The number of hydrogen-bond donors (Lipinski definition) is 1. The maximum Gasteiger partial charge on any atom is 0.335 e. The fraction of sp³-hybridized carbons (Fsp3) is 0.552. The second-order valence-corrected chi connectivity index (χ2v) is 10.8. The third kappa shape index (κ3) is 7.50. The molecule has 0 unspecified atom stereocenters. The predicted molar refractivity (Wildman–Crippen MR) is 138 cm³/mol. The first-order chi connectivity index (χ1) is 17.3. The van der Waals surface area contributed by atoms with E-state index in [0.29, 0.717) is 17.0 Å². The van der Waals surface area contributed by atoms with Gasteiger partial charge in [0.2, 0.25) is 0 Å². The monoisotopic (exact) mass is 524 g/mol. The van der Waals surface area contributed by atoms with Gasteiger partial charge in [-0.15, -0.1) is 0 Å². The number of aromatic carboxylic acids is 1. The van der Waals surface area contributed by atoms with Crippen LogP contribution in [0, 0.1) is 17.6 Å². The molecule has 0 heterocycles. The Morgan fingerprint density at radius 2 is 1.58 bits per heavy atom. The Labute approximate surface area is 215 Å². The molecule has 0 atom stereocenters. The van der Waals surface area contributed by atoms with E-state index in [1.54, 1.807) is 6.07 Å². The van der Waals surface area contributed by atoms with Gasteiger partial charge < -0.3 is 5.11 Å². The molecule has 1 saturated carbocycles. The number of rotatable bonds is 13. The summed E-state index contributed by atoms with van der Waals surface area (Å²) >= 11 is -0.0462. The normalized spacial score (nSPS) is 18.1. The van der Waals surface area contributed by atoms with Crippen LogP contribution in [0.4, 0.5) is 17.6 Å². The number of hydrogen-bond acceptors (Lipinski definition) is 2. The lowest BCUT2D eigenvalue weighted by molar-refractivity contribution is 0.0694. The van der Waals surface area contributed by atoms with Gasteiger partial charge in [-0.05, 0) is 60.8 Å². The molecule has 1 N–H and O–H groups in total. The summed E-state index contributed by atoms with van der Waals surface area (Å²) in [4.78, 5) is 11.6. The molecule has 0 saturated heterocycles. The summed E-state index contributed by atoms with van der Waals surface area (Å²) in [6.07, 6.45) is 13.6. The van der Waals surface area contributed by atoms with Crippen molar-refractivity contribution < 1.29 is 27.5 Å². The zero-order chi connectivity index (χ0) is 26.1. The Morgan fingerprint density at radius 1 is 0.917 bits per heavy atom. The Bertz CT molecular complexity index is 1000. The molecule has 1 fully saturated rings. The molecular weight excluding hydrogens is 488 g/mol. The van der Waals surface area contributed by atoms with E-state index in [4.69, 9.17) is 0 Å². The quantitative estimate of drug-likeness (QED) is 0.161. The van der Waals surface area contributed by atoms with Gasteiger partial charge in [-0.1, -0.05) is 88.3 Å². The highest BCUT2D eigenvalue weighted by Crippen LogP contribution is 2.44. The molecule has 3 rings (SSSR count). The number of alkyl halides is 2. The lowest BCUT2D eigenvalue weighted by Gasteiger charge is -2.31. The van der Waals surface area contributed by atoms with Crippen molar-refractivity contribution in [3.05, 3.63) is 53.1 Å². The molecule has 0 amide bonds. The van der Waals surface area contributed by atoms with Gasteiger partial charge >= 0.3 is 5.97 Å². The van der Waals surface area contributed by atoms with E-state index in [9.17, 15) is 23.1 Å². The summed E-state index contributed by atoms with van der Waals surface area (Å²) < 4.78 is 55.0. The van der Waals surface area contributed by atoms with E-state index in [2.05, 4.69) is 6.92 Å². The van der Waals surface area contributed by atoms with Crippen LogP contribution in [-0.4, -0.2) is 16.8 Å². The first-order valence-electron chi connectivity index (χ1n) is 13.1. The van der Waals surface area contributed by atoms with E-state index in [0.717, 1.165) is 31.7 Å². The van der Waals surface area contributed by atoms with Crippen LogP contribution in [0.25, 0.3) is 11.1 Å². The Balaban J connectivity index is 1.74. The Morgan fingerprint density at radius 3 is 2.22 bits per heavy atom. The van der Waals surface area contributed by atoms with Crippen molar-refractivity contribution in [3.63, 3.8) is 0 Å². The van der Waals surface area contributed by atoms with Gasteiger partial charge in [-0.25, -0.2) is 13.6 Å². The van der Waals surface area contributed by atoms with Crippen molar-refractivity contribution in [1.29, 1.82) is 0 Å². The van der Waals surface area contributed by atoms with Crippen molar-refractivity contribution in [3.8, 4) is 11.1 Å². The van der Waals surface area contributed by atoms with Crippen molar-refractivity contribution in [2.24, 2.45) is 5.92 Å². The minimum absolute atomic E-state index is 0.0462.